The second-order valence-electron chi connectivity index (χ2n) is 5.89. The number of thioether (sulfide) groups is 1. The molecule has 3 rings (SSSR count). The lowest BCUT2D eigenvalue weighted by Crippen LogP contribution is -2.28. The molecule has 2 aromatic rings. The molecule has 2 aromatic carbocycles. The van der Waals surface area contributed by atoms with Crippen molar-refractivity contribution < 1.29 is 23.5 Å². The van der Waals surface area contributed by atoms with Crippen LogP contribution in [-0.4, -0.2) is 29.7 Å². The van der Waals surface area contributed by atoms with Crippen molar-refractivity contribution in [2.75, 3.05) is 13.7 Å². The van der Waals surface area contributed by atoms with Gasteiger partial charge in [0.25, 0.3) is 11.1 Å². The van der Waals surface area contributed by atoms with Gasteiger partial charge in [-0.3, -0.25) is 14.5 Å². The van der Waals surface area contributed by atoms with Crippen LogP contribution < -0.4 is 9.47 Å². The Morgan fingerprint density at radius 2 is 2.07 bits per heavy atom. The van der Waals surface area contributed by atoms with Crippen molar-refractivity contribution in [3.63, 3.8) is 0 Å². The molecule has 1 saturated heterocycles. The molecule has 0 aliphatic carbocycles. The normalized spacial score (nSPS) is 15.0. The lowest BCUT2D eigenvalue weighted by molar-refractivity contribution is -0.122. The van der Waals surface area contributed by atoms with E-state index in [0.29, 0.717) is 27.1 Å². The Morgan fingerprint density at radius 3 is 2.76 bits per heavy atom. The van der Waals surface area contributed by atoms with Gasteiger partial charge in [-0.05, 0) is 57.5 Å². The number of hydrogen-bond acceptors (Lipinski definition) is 5. The third kappa shape index (κ3) is 4.63. The maximum Gasteiger partial charge on any atom is 0.294 e. The average Bonchev–Trinajstić information content (AvgIpc) is 2.95. The van der Waals surface area contributed by atoms with Crippen molar-refractivity contribution >= 4 is 44.9 Å². The molecule has 0 N–H and O–H groups in total. The Bertz CT molecular complexity index is 1050. The Kier molecular flexibility index (Phi) is 6.62. The van der Waals surface area contributed by atoms with E-state index in [1.165, 1.54) is 13.2 Å². The number of nitrogens with zero attached hydrogens (tertiary/aromatic N) is 1. The van der Waals surface area contributed by atoms with E-state index >= 15 is 0 Å². The molecule has 5 nitrogen and oxygen atoms in total. The zero-order valence-electron chi connectivity index (χ0n) is 15.3. The fourth-order valence-corrected chi connectivity index (χ4v) is 4.02. The highest BCUT2D eigenvalue weighted by Crippen LogP contribution is 2.39. The van der Waals surface area contributed by atoms with Gasteiger partial charge in [0, 0.05) is 5.56 Å². The van der Waals surface area contributed by atoms with Gasteiger partial charge in [0.05, 0.1) is 23.0 Å². The molecular formula is C21H15BrFNO4S. The van der Waals surface area contributed by atoms with Crippen molar-refractivity contribution in [3.05, 3.63) is 62.7 Å². The van der Waals surface area contributed by atoms with E-state index in [1.807, 2.05) is 0 Å². The predicted octanol–water partition coefficient (Wildman–Crippen LogP) is 4.85. The second kappa shape index (κ2) is 9.16. The van der Waals surface area contributed by atoms with Crippen LogP contribution in [0.25, 0.3) is 6.08 Å². The van der Waals surface area contributed by atoms with Crippen molar-refractivity contribution in [2.45, 2.75) is 6.61 Å². The summed E-state index contributed by atoms with van der Waals surface area (Å²) in [6.07, 6.45) is 6.78. The zero-order valence-corrected chi connectivity index (χ0v) is 17.7. The summed E-state index contributed by atoms with van der Waals surface area (Å²) in [5, 5.41) is -0.407. The van der Waals surface area contributed by atoms with Gasteiger partial charge in [0.2, 0.25) is 0 Å². The summed E-state index contributed by atoms with van der Waals surface area (Å²) in [6, 6.07) is 9.71. The standard InChI is InChI=1S/C21H15BrFNO4S/c1-3-8-24-20(25)18(29-21(24)26)11-13-9-15(22)19(17(10-13)27-2)28-12-14-6-4-5-7-16(14)23/h1,4-7,9-11H,8,12H2,2H3/b18-11+. The van der Waals surface area contributed by atoms with Crippen LogP contribution in [0.2, 0.25) is 0 Å². The molecule has 29 heavy (non-hydrogen) atoms. The molecule has 0 bridgehead atoms. The Hall–Kier alpha value is -2.76. The fraction of sp³-hybridized carbons (Fsp3) is 0.143. The van der Waals surface area contributed by atoms with E-state index < -0.39 is 11.1 Å². The average molecular weight is 476 g/mol. The highest BCUT2D eigenvalue weighted by Gasteiger charge is 2.34. The summed E-state index contributed by atoms with van der Waals surface area (Å²) in [7, 11) is 1.47. The van der Waals surface area contributed by atoms with Crippen LogP contribution in [0, 0.1) is 18.2 Å². The molecule has 1 heterocycles. The number of imide groups is 1. The summed E-state index contributed by atoms with van der Waals surface area (Å²) < 4.78 is 25.5. The van der Waals surface area contributed by atoms with Crippen LogP contribution in [0.15, 0.2) is 45.8 Å². The maximum atomic E-state index is 13.8. The summed E-state index contributed by atoms with van der Waals surface area (Å²) in [6.45, 7) is -0.0518. The van der Waals surface area contributed by atoms with Gasteiger partial charge in [0.1, 0.15) is 12.4 Å². The molecule has 1 fully saturated rings. The Balaban J connectivity index is 1.85. The number of hydrogen-bond donors (Lipinski definition) is 0. The van der Waals surface area contributed by atoms with Gasteiger partial charge in [-0.25, -0.2) is 4.39 Å². The number of ether oxygens (including phenoxy) is 2. The maximum absolute atomic E-state index is 13.8. The van der Waals surface area contributed by atoms with E-state index in [9.17, 15) is 14.0 Å². The van der Waals surface area contributed by atoms with Crippen molar-refractivity contribution in [1.29, 1.82) is 0 Å². The van der Waals surface area contributed by atoms with E-state index in [4.69, 9.17) is 15.9 Å². The van der Waals surface area contributed by atoms with Crippen LogP contribution in [0.1, 0.15) is 11.1 Å². The second-order valence-corrected chi connectivity index (χ2v) is 7.73. The molecule has 148 valence electrons. The van der Waals surface area contributed by atoms with Crippen LogP contribution in [-0.2, 0) is 11.4 Å². The number of carbonyl (C=O) groups excluding carboxylic acids is 2. The number of methoxy groups -OCH3 is 1. The van der Waals surface area contributed by atoms with E-state index in [1.54, 1.807) is 36.4 Å². The number of terminal acetylenes is 1. The highest BCUT2D eigenvalue weighted by molar-refractivity contribution is 9.10. The summed E-state index contributed by atoms with van der Waals surface area (Å²) in [5.74, 6) is 2.29. The third-order valence-electron chi connectivity index (χ3n) is 4.00. The van der Waals surface area contributed by atoms with Crippen molar-refractivity contribution in [2.24, 2.45) is 0 Å². The van der Waals surface area contributed by atoms with E-state index in [-0.39, 0.29) is 23.9 Å². The SMILES string of the molecule is C#CCN1C(=O)S/C(=C/c2cc(Br)c(OCc3ccccc3F)c(OC)c2)C1=O. The first-order chi connectivity index (χ1) is 13.9. The van der Waals surface area contributed by atoms with Gasteiger partial charge in [-0.1, -0.05) is 24.1 Å². The zero-order chi connectivity index (χ0) is 21.0. The summed E-state index contributed by atoms with van der Waals surface area (Å²) >= 11 is 4.24. The van der Waals surface area contributed by atoms with Gasteiger partial charge in [-0.2, -0.15) is 0 Å². The van der Waals surface area contributed by atoms with Gasteiger partial charge in [0.15, 0.2) is 11.5 Å². The molecular weight excluding hydrogens is 461 g/mol. The van der Waals surface area contributed by atoms with Crippen molar-refractivity contribution in [3.8, 4) is 23.8 Å². The predicted molar refractivity (Wildman–Crippen MR) is 113 cm³/mol. The molecule has 2 amide bonds. The molecule has 0 saturated carbocycles. The minimum Gasteiger partial charge on any atom is -0.493 e. The number of carbonyl (C=O) groups is 2. The molecule has 8 heteroatoms. The smallest absolute Gasteiger partial charge is 0.294 e. The largest absolute Gasteiger partial charge is 0.493 e. The van der Waals surface area contributed by atoms with Crippen LogP contribution >= 0.6 is 27.7 Å². The monoisotopic (exact) mass is 475 g/mol. The third-order valence-corrected chi connectivity index (χ3v) is 5.50. The number of amides is 2. The number of halogens is 2. The topological polar surface area (TPSA) is 55.8 Å². The molecule has 1 aliphatic heterocycles. The molecule has 0 spiro atoms. The Labute approximate surface area is 180 Å². The minimum absolute atomic E-state index is 0.0198. The number of rotatable bonds is 6. The van der Waals surface area contributed by atoms with E-state index in [2.05, 4.69) is 21.9 Å². The molecule has 0 radical (unpaired) electrons. The fourth-order valence-electron chi connectivity index (χ4n) is 2.61. The first-order valence-corrected chi connectivity index (χ1v) is 9.98. The first-order valence-electron chi connectivity index (χ1n) is 8.37. The summed E-state index contributed by atoms with van der Waals surface area (Å²) in [4.78, 5) is 25.5. The molecule has 0 atom stereocenters. The minimum atomic E-state index is -0.437. The molecule has 0 unspecified atom stereocenters. The first kappa shape index (κ1) is 21.0. The summed E-state index contributed by atoms with van der Waals surface area (Å²) in [5.41, 5.74) is 1.03. The highest BCUT2D eigenvalue weighted by atomic mass is 79.9. The van der Waals surface area contributed by atoms with Gasteiger partial charge >= 0.3 is 0 Å². The lowest BCUT2D eigenvalue weighted by Gasteiger charge is -2.14. The number of benzene rings is 2. The quantitative estimate of drug-likeness (QED) is 0.441. The van der Waals surface area contributed by atoms with Gasteiger partial charge < -0.3 is 9.47 Å². The van der Waals surface area contributed by atoms with Crippen LogP contribution in [0.5, 0.6) is 11.5 Å². The van der Waals surface area contributed by atoms with Gasteiger partial charge in [-0.15, -0.1) is 6.42 Å². The lowest BCUT2D eigenvalue weighted by atomic mass is 10.1. The Morgan fingerprint density at radius 1 is 1.31 bits per heavy atom. The van der Waals surface area contributed by atoms with E-state index in [0.717, 1.165) is 16.7 Å². The van der Waals surface area contributed by atoms with Crippen LogP contribution in [0.3, 0.4) is 0 Å². The van der Waals surface area contributed by atoms with Crippen LogP contribution in [0.4, 0.5) is 9.18 Å². The molecule has 0 aromatic heterocycles. The molecule has 1 aliphatic rings. The van der Waals surface area contributed by atoms with Crippen molar-refractivity contribution in [1.82, 2.24) is 4.90 Å².